The lowest BCUT2D eigenvalue weighted by molar-refractivity contribution is -0.136. The Hall–Kier alpha value is -2.67. The number of carbonyl (C=O) groups is 2. The second-order valence-corrected chi connectivity index (χ2v) is 5.50. The molecule has 3 N–H and O–H groups in total. The van der Waals surface area contributed by atoms with E-state index in [9.17, 15) is 14.7 Å². The highest BCUT2D eigenvalue weighted by atomic mass is 16.5. The highest BCUT2D eigenvalue weighted by Gasteiger charge is 2.23. The van der Waals surface area contributed by atoms with Gasteiger partial charge in [0.1, 0.15) is 6.26 Å². The molecule has 122 valence electrons. The molecule has 0 aliphatic rings. The number of hydrogen-bond acceptors (Lipinski definition) is 5. The van der Waals surface area contributed by atoms with E-state index in [4.69, 9.17) is 0 Å². The lowest BCUT2D eigenvalue weighted by atomic mass is 9.97. The zero-order valence-electron chi connectivity index (χ0n) is 12.8. The predicted octanol–water partition coefficient (Wildman–Crippen LogP) is 1.11. The van der Waals surface area contributed by atoms with Crippen LogP contribution in [0.1, 0.15) is 18.9 Å². The van der Waals surface area contributed by atoms with Crippen molar-refractivity contribution in [2.24, 2.45) is 0 Å². The van der Waals surface area contributed by atoms with Gasteiger partial charge in [-0.2, -0.15) is 0 Å². The monoisotopic (exact) mass is 317 g/mol. The summed E-state index contributed by atoms with van der Waals surface area (Å²) in [6.07, 6.45) is 2.42. The largest absolute Gasteiger partial charge is 0.388 e. The van der Waals surface area contributed by atoms with Gasteiger partial charge in [-0.05, 0) is 25.3 Å². The first-order valence-electron chi connectivity index (χ1n) is 7.22. The maximum atomic E-state index is 11.7. The van der Waals surface area contributed by atoms with Crippen LogP contribution in [0.15, 0.2) is 47.2 Å². The number of anilines is 1. The van der Waals surface area contributed by atoms with Crippen molar-refractivity contribution in [1.29, 1.82) is 0 Å². The number of amides is 2. The van der Waals surface area contributed by atoms with Gasteiger partial charge in [0.05, 0.1) is 5.60 Å². The van der Waals surface area contributed by atoms with Crippen LogP contribution in [-0.4, -0.2) is 34.2 Å². The molecule has 1 aromatic carbocycles. The topological polar surface area (TPSA) is 104 Å². The third-order valence-electron chi connectivity index (χ3n) is 3.31. The number of aliphatic hydroxyl groups is 1. The molecule has 0 saturated carbocycles. The molecule has 23 heavy (non-hydrogen) atoms. The van der Waals surface area contributed by atoms with Crippen LogP contribution in [0.2, 0.25) is 0 Å². The van der Waals surface area contributed by atoms with Crippen LogP contribution in [0.25, 0.3) is 0 Å². The maximum absolute atomic E-state index is 11.7. The van der Waals surface area contributed by atoms with Crippen LogP contribution in [0.4, 0.5) is 5.82 Å². The van der Waals surface area contributed by atoms with Crippen molar-refractivity contribution in [3.8, 4) is 0 Å². The van der Waals surface area contributed by atoms with Crippen LogP contribution in [0, 0.1) is 0 Å². The second-order valence-electron chi connectivity index (χ2n) is 5.50. The van der Waals surface area contributed by atoms with E-state index in [0.717, 1.165) is 5.56 Å². The number of nitrogens with one attached hydrogen (secondary N) is 2. The lowest BCUT2D eigenvalue weighted by Gasteiger charge is -2.23. The molecule has 7 nitrogen and oxygen atoms in total. The number of carbonyl (C=O) groups excluding carboxylic acids is 2. The van der Waals surface area contributed by atoms with E-state index >= 15 is 0 Å². The zero-order valence-corrected chi connectivity index (χ0v) is 12.8. The van der Waals surface area contributed by atoms with E-state index in [2.05, 4.69) is 20.3 Å². The van der Waals surface area contributed by atoms with E-state index < -0.39 is 17.4 Å². The van der Waals surface area contributed by atoms with Gasteiger partial charge < -0.3 is 14.9 Å². The third kappa shape index (κ3) is 5.55. The fraction of sp³-hybridized carbons (Fsp3) is 0.312. The smallest absolute Gasteiger partial charge is 0.314 e. The van der Waals surface area contributed by atoms with Crippen molar-refractivity contribution in [2.75, 3.05) is 11.9 Å². The number of aryl methyl sites for hydroxylation is 1. The number of rotatable bonds is 6. The molecular formula is C16H19N3O4. The minimum atomic E-state index is -1.11. The summed E-state index contributed by atoms with van der Waals surface area (Å²) in [7, 11) is 0. The summed E-state index contributed by atoms with van der Waals surface area (Å²) in [5.41, 5.74) is -0.0116. The van der Waals surface area contributed by atoms with Crippen LogP contribution in [-0.2, 0) is 16.0 Å². The van der Waals surface area contributed by atoms with Gasteiger partial charge in [-0.15, -0.1) is 0 Å². The Labute approximate surface area is 133 Å². The van der Waals surface area contributed by atoms with E-state index in [1.807, 2.05) is 30.3 Å². The Balaban J connectivity index is 1.76. The van der Waals surface area contributed by atoms with Crippen molar-refractivity contribution in [3.63, 3.8) is 0 Å². The van der Waals surface area contributed by atoms with E-state index in [1.54, 1.807) is 6.92 Å². The third-order valence-corrected chi connectivity index (χ3v) is 3.31. The molecule has 2 aromatic rings. The molecule has 0 unspecified atom stereocenters. The first kappa shape index (κ1) is 16.7. The van der Waals surface area contributed by atoms with Gasteiger partial charge in [-0.3, -0.25) is 14.9 Å². The van der Waals surface area contributed by atoms with Gasteiger partial charge >= 0.3 is 11.8 Å². The summed E-state index contributed by atoms with van der Waals surface area (Å²) in [5.74, 6) is -1.55. The standard InChI is InChI=1S/C16H19N3O4/c1-16(22,9-7-12-5-3-2-4-6-12)11-17-14(20)15(21)18-13-8-10-23-19-13/h2-6,8,10,22H,7,9,11H2,1H3,(H,17,20)(H,18,19,21)/t16-/m1/s1. The van der Waals surface area contributed by atoms with Crippen molar-refractivity contribution in [2.45, 2.75) is 25.4 Å². The van der Waals surface area contributed by atoms with Gasteiger partial charge in [0.15, 0.2) is 5.82 Å². The normalized spacial score (nSPS) is 13.1. The zero-order chi connectivity index (χ0) is 16.7. The van der Waals surface area contributed by atoms with Crippen molar-refractivity contribution >= 4 is 17.6 Å². The van der Waals surface area contributed by atoms with Gasteiger partial charge in [0.2, 0.25) is 0 Å². The molecule has 0 fully saturated rings. The van der Waals surface area contributed by atoms with Crippen molar-refractivity contribution < 1.29 is 19.2 Å². The van der Waals surface area contributed by atoms with E-state index in [0.29, 0.717) is 12.8 Å². The molecule has 0 spiro atoms. The summed E-state index contributed by atoms with van der Waals surface area (Å²) in [4.78, 5) is 23.3. The van der Waals surface area contributed by atoms with Crippen LogP contribution >= 0.6 is 0 Å². The molecule has 0 saturated heterocycles. The molecule has 0 aliphatic carbocycles. The van der Waals surface area contributed by atoms with Crippen LogP contribution in [0.5, 0.6) is 0 Å². The summed E-state index contributed by atoms with van der Waals surface area (Å²) < 4.78 is 4.55. The highest BCUT2D eigenvalue weighted by Crippen LogP contribution is 2.13. The first-order chi connectivity index (χ1) is 11.0. The summed E-state index contributed by atoms with van der Waals surface area (Å²) >= 11 is 0. The number of nitrogens with zero attached hydrogens (tertiary/aromatic N) is 1. The van der Waals surface area contributed by atoms with Crippen molar-refractivity contribution in [3.05, 3.63) is 48.2 Å². The summed E-state index contributed by atoms with van der Waals surface area (Å²) in [5, 5.41) is 18.5. The van der Waals surface area contributed by atoms with Gasteiger partial charge in [0, 0.05) is 12.6 Å². The molecule has 2 rings (SSSR count). The van der Waals surface area contributed by atoms with Crippen LogP contribution in [0.3, 0.4) is 0 Å². The van der Waals surface area contributed by atoms with E-state index in [-0.39, 0.29) is 12.4 Å². The molecule has 1 heterocycles. The fourth-order valence-electron chi connectivity index (χ4n) is 1.95. The molecule has 1 atom stereocenters. The fourth-order valence-corrected chi connectivity index (χ4v) is 1.95. The summed E-state index contributed by atoms with van der Waals surface area (Å²) in [6.45, 7) is 1.59. The molecule has 0 bridgehead atoms. The molecule has 0 aliphatic heterocycles. The van der Waals surface area contributed by atoms with Gasteiger partial charge in [0.25, 0.3) is 0 Å². The number of benzene rings is 1. The molecule has 7 heteroatoms. The molecule has 0 radical (unpaired) electrons. The van der Waals surface area contributed by atoms with Gasteiger partial charge in [-0.25, -0.2) is 0 Å². The average Bonchev–Trinajstić information content (AvgIpc) is 3.05. The Bertz CT molecular complexity index is 639. The molecule has 1 aromatic heterocycles. The van der Waals surface area contributed by atoms with Gasteiger partial charge in [-0.1, -0.05) is 35.5 Å². The van der Waals surface area contributed by atoms with Crippen LogP contribution < -0.4 is 10.6 Å². The second kappa shape index (κ2) is 7.55. The lowest BCUT2D eigenvalue weighted by Crippen LogP contribution is -2.44. The Morgan fingerprint density at radius 3 is 2.61 bits per heavy atom. The Kier molecular flexibility index (Phi) is 5.48. The quantitative estimate of drug-likeness (QED) is 0.692. The Morgan fingerprint density at radius 1 is 1.22 bits per heavy atom. The molecule has 2 amide bonds. The highest BCUT2D eigenvalue weighted by molar-refractivity contribution is 6.39. The SMILES string of the molecule is C[C@@](O)(CCc1ccccc1)CNC(=O)C(=O)Nc1ccon1. The minimum Gasteiger partial charge on any atom is -0.388 e. The Morgan fingerprint density at radius 2 is 1.96 bits per heavy atom. The van der Waals surface area contributed by atoms with Crippen molar-refractivity contribution in [1.82, 2.24) is 10.5 Å². The maximum Gasteiger partial charge on any atom is 0.314 e. The summed E-state index contributed by atoms with van der Waals surface area (Å²) in [6, 6.07) is 11.1. The minimum absolute atomic E-state index is 0.0229. The average molecular weight is 317 g/mol. The number of hydrogen-bond donors (Lipinski definition) is 3. The van der Waals surface area contributed by atoms with E-state index in [1.165, 1.54) is 12.3 Å². The number of aromatic nitrogens is 1. The first-order valence-corrected chi connectivity index (χ1v) is 7.22. The predicted molar refractivity (Wildman–Crippen MR) is 83.5 cm³/mol. The molecular weight excluding hydrogens is 298 g/mol.